The molecular formula is C24H27N3O5. The molecule has 8 nitrogen and oxygen atoms in total. The van der Waals surface area contributed by atoms with Gasteiger partial charge in [-0.2, -0.15) is 0 Å². The van der Waals surface area contributed by atoms with E-state index in [2.05, 4.69) is 0 Å². The van der Waals surface area contributed by atoms with E-state index < -0.39 is 29.6 Å². The molecule has 4 aliphatic rings. The third kappa shape index (κ3) is 3.01. The van der Waals surface area contributed by atoms with E-state index in [-0.39, 0.29) is 30.9 Å². The minimum absolute atomic E-state index is 0.0150. The molecule has 4 heterocycles. The third-order valence-electron chi connectivity index (χ3n) is 7.00. The minimum Gasteiger partial charge on any atom is -0.395 e. The smallest absolute Gasteiger partial charge is 0.249 e. The molecule has 0 aliphatic carbocycles. The summed E-state index contributed by atoms with van der Waals surface area (Å²) in [6.45, 7) is 0.968. The number of carbonyl (C=O) groups excluding carboxylic acids is 3. The Hall–Kier alpha value is -2.97. The van der Waals surface area contributed by atoms with Crippen LogP contribution in [0, 0.1) is 11.8 Å². The second kappa shape index (κ2) is 7.86. The molecule has 3 amide bonds. The van der Waals surface area contributed by atoms with Crippen LogP contribution in [0.15, 0.2) is 54.6 Å². The Bertz CT molecular complexity index is 993. The average molecular weight is 437 g/mol. The zero-order chi connectivity index (χ0) is 22.5. The molecule has 2 fully saturated rings. The standard InChI is InChI=1S/C24H27N3O5/c1-25-11-5-9-17-18(21(25)29)19-22(30)27(13-14-28)20-23(31)26(12-6-10-24(19,20)32-17)15-16-7-3-2-4-8-16/h2-10,17-20,28H,11-15H2,1H3/t17-,18+,19-,20?,24-/m0/s1. The van der Waals surface area contributed by atoms with Crippen LogP contribution < -0.4 is 0 Å². The quantitative estimate of drug-likeness (QED) is 0.679. The number of carbonyl (C=O) groups is 3. The summed E-state index contributed by atoms with van der Waals surface area (Å²) >= 11 is 0. The zero-order valence-corrected chi connectivity index (χ0v) is 18.0. The monoisotopic (exact) mass is 437 g/mol. The summed E-state index contributed by atoms with van der Waals surface area (Å²) in [5.74, 6) is -2.21. The van der Waals surface area contributed by atoms with Gasteiger partial charge in [-0.1, -0.05) is 54.6 Å². The van der Waals surface area contributed by atoms with Gasteiger partial charge < -0.3 is 24.5 Å². The van der Waals surface area contributed by atoms with Gasteiger partial charge in [0.25, 0.3) is 0 Å². The molecule has 1 unspecified atom stereocenters. The van der Waals surface area contributed by atoms with Crippen LogP contribution in [0.4, 0.5) is 0 Å². The number of hydrogen-bond donors (Lipinski definition) is 1. The van der Waals surface area contributed by atoms with Crippen molar-refractivity contribution < 1.29 is 24.2 Å². The van der Waals surface area contributed by atoms with Crippen LogP contribution in [0.5, 0.6) is 0 Å². The predicted octanol–water partition coefficient (Wildman–Crippen LogP) is 0.186. The number of fused-ring (bicyclic) bond motifs is 2. The molecule has 1 aromatic rings. The SMILES string of the molecule is CN1CC=C[C@@H]2O[C@]34C=CCN(Cc5ccccc5)C(=O)C3N(CCO)C(=O)[C@@H]4[C@@H]2C1=O. The van der Waals surface area contributed by atoms with Gasteiger partial charge in [0, 0.05) is 33.2 Å². The molecule has 0 bridgehead atoms. The number of rotatable bonds is 4. The Morgan fingerprint density at radius 1 is 1.06 bits per heavy atom. The number of ether oxygens (including phenoxy) is 1. The molecule has 1 N–H and O–H groups in total. The molecule has 4 aliphatic heterocycles. The van der Waals surface area contributed by atoms with Crippen molar-refractivity contribution in [3.63, 3.8) is 0 Å². The highest BCUT2D eigenvalue weighted by molar-refractivity contribution is 5.99. The van der Waals surface area contributed by atoms with E-state index in [0.29, 0.717) is 19.6 Å². The molecule has 1 spiro atoms. The lowest BCUT2D eigenvalue weighted by atomic mass is 9.77. The lowest BCUT2D eigenvalue weighted by Crippen LogP contribution is -2.55. The number of amides is 3. The van der Waals surface area contributed by atoms with E-state index >= 15 is 0 Å². The van der Waals surface area contributed by atoms with Crippen molar-refractivity contribution in [3.8, 4) is 0 Å². The highest BCUT2D eigenvalue weighted by Crippen LogP contribution is 2.53. The van der Waals surface area contributed by atoms with Gasteiger partial charge in [0.1, 0.15) is 11.6 Å². The van der Waals surface area contributed by atoms with Crippen molar-refractivity contribution in [2.75, 3.05) is 33.3 Å². The predicted molar refractivity (Wildman–Crippen MR) is 115 cm³/mol. The fraction of sp³-hybridized carbons (Fsp3) is 0.458. The topological polar surface area (TPSA) is 90.4 Å². The Morgan fingerprint density at radius 2 is 1.84 bits per heavy atom. The van der Waals surface area contributed by atoms with Gasteiger partial charge in [-0.25, -0.2) is 0 Å². The fourth-order valence-electron chi connectivity index (χ4n) is 5.60. The Labute approximate surface area is 186 Å². The number of likely N-dealkylation sites (N-methyl/N-ethyl adjacent to an activating group) is 1. The number of benzene rings is 1. The van der Waals surface area contributed by atoms with Crippen molar-refractivity contribution >= 4 is 17.7 Å². The molecule has 2 saturated heterocycles. The Morgan fingerprint density at radius 3 is 2.59 bits per heavy atom. The summed E-state index contributed by atoms with van der Waals surface area (Å²) in [5.41, 5.74) is -0.250. The van der Waals surface area contributed by atoms with Gasteiger partial charge in [-0.05, 0) is 5.56 Å². The van der Waals surface area contributed by atoms with E-state index in [1.54, 1.807) is 16.8 Å². The first-order chi connectivity index (χ1) is 15.5. The van der Waals surface area contributed by atoms with Crippen molar-refractivity contribution in [3.05, 3.63) is 60.2 Å². The molecule has 5 atom stereocenters. The average Bonchev–Trinajstić information content (AvgIpc) is 3.11. The van der Waals surface area contributed by atoms with E-state index in [1.807, 2.05) is 54.6 Å². The van der Waals surface area contributed by atoms with E-state index in [9.17, 15) is 19.5 Å². The van der Waals surface area contributed by atoms with Crippen LogP contribution in [0.3, 0.4) is 0 Å². The van der Waals surface area contributed by atoms with Crippen molar-refractivity contribution in [2.24, 2.45) is 11.8 Å². The number of hydrogen-bond acceptors (Lipinski definition) is 5. The van der Waals surface area contributed by atoms with E-state index in [0.717, 1.165) is 5.56 Å². The number of likely N-dealkylation sites (tertiary alicyclic amines) is 1. The van der Waals surface area contributed by atoms with Gasteiger partial charge in [-0.15, -0.1) is 0 Å². The van der Waals surface area contributed by atoms with E-state index in [4.69, 9.17) is 4.74 Å². The highest BCUT2D eigenvalue weighted by Gasteiger charge is 2.71. The van der Waals surface area contributed by atoms with Gasteiger partial charge >= 0.3 is 0 Å². The first-order valence-electron chi connectivity index (χ1n) is 11.0. The molecule has 0 aromatic heterocycles. The first-order valence-corrected chi connectivity index (χ1v) is 11.0. The zero-order valence-electron chi connectivity index (χ0n) is 18.0. The lowest BCUT2D eigenvalue weighted by Gasteiger charge is -2.35. The first kappa shape index (κ1) is 20.9. The van der Waals surface area contributed by atoms with E-state index in [1.165, 1.54) is 4.90 Å². The summed E-state index contributed by atoms with van der Waals surface area (Å²) < 4.78 is 6.46. The molecular weight excluding hydrogens is 410 g/mol. The number of β-amino-alcohol motifs (C(OH)–C–C–N with tert-alkyl or cyclic N) is 1. The highest BCUT2D eigenvalue weighted by atomic mass is 16.5. The van der Waals surface area contributed by atoms with Crippen LogP contribution in [-0.2, 0) is 25.7 Å². The summed E-state index contributed by atoms with van der Waals surface area (Å²) in [4.78, 5) is 45.3. The molecule has 0 saturated carbocycles. The largest absolute Gasteiger partial charge is 0.395 e. The van der Waals surface area contributed by atoms with Gasteiger partial charge in [0.05, 0.1) is 24.5 Å². The molecule has 5 rings (SSSR count). The summed E-state index contributed by atoms with van der Waals surface area (Å²) in [6.07, 6.45) is 6.82. The van der Waals surface area contributed by atoms with Gasteiger partial charge in [0.15, 0.2) is 0 Å². The maximum Gasteiger partial charge on any atom is 0.249 e. The van der Waals surface area contributed by atoms with Crippen LogP contribution in [0.25, 0.3) is 0 Å². The third-order valence-corrected chi connectivity index (χ3v) is 7.00. The van der Waals surface area contributed by atoms with Crippen LogP contribution in [0.2, 0.25) is 0 Å². The number of aliphatic hydroxyl groups is 1. The summed E-state index contributed by atoms with van der Waals surface area (Å²) in [6, 6.07) is 8.75. The Kier molecular flexibility index (Phi) is 5.14. The maximum atomic E-state index is 13.8. The molecule has 32 heavy (non-hydrogen) atoms. The Balaban J connectivity index is 1.56. The fourth-order valence-corrected chi connectivity index (χ4v) is 5.60. The molecule has 1 aromatic carbocycles. The minimum atomic E-state index is -1.23. The lowest BCUT2D eigenvalue weighted by molar-refractivity contribution is -0.148. The summed E-state index contributed by atoms with van der Waals surface area (Å²) in [7, 11) is 1.71. The normalized spacial score (nSPS) is 33.8. The van der Waals surface area contributed by atoms with Crippen molar-refractivity contribution in [2.45, 2.75) is 24.3 Å². The van der Waals surface area contributed by atoms with Crippen LogP contribution in [0.1, 0.15) is 5.56 Å². The molecule has 0 radical (unpaired) electrons. The molecule has 8 heteroatoms. The van der Waals surface area contributed by atoms with Crippen LogP contribution >= 0.6 is 0 Å². The second-order valence-corrected chi connectivity index (χ2v) is 8.85. The molecule has 168 valence electrons. The van der Waals surface area contributed by atoms with Gasteiger partial charge in [0.2, 0.25) is 17.7 Å². The second-order valence-electron chi connectivity index (χ2n) is 8.85. The van der Waals surface area contributed by atoms with Gasteiger partial charge in [-0.3, -0.25) is 14.4 Å². The number of aliphatic hydroxyl groups excluding tert-OH is 1. The summed E-state index contributed by atoms with van der Waals surface area (Å²) in [5, 5.41) is 9.66. The van der Waals surface area contributed by atoms with Crippen LogP contribution in [-0.4, -0.2) is 88.6 Å². The number of nitrogens with zero attached hydrogens (tertiary/aromatic N) is 3. The van der Waals surface area contributed by atoms with Crippen molar-refractivity contribution in [1.82, 2.24) is 14.7 Å². The van der Waals surface area contributed by atoms with Crippen molar-refractivity contribution in [1.29, 1.82) is 0 Å². The maximum absolute atomic E-state index is 13.8.